The van der Waals surface area contributed by atoms with Gasteiger partial charge in [0.2, 0.25) is 0 Å². The van der Waals surface area contributed by atoms with Crippen molar-refractivity contribution in [2.45, 2.75) is 27.2 Å². The number of aliphatic hydroxyl groups is 1. The average Bonchev–Trinajstić information content (AvgIpc) is 1.87. The highest BCUT2D eigenvalue weighted by molar-refractivity contribution is 5.10. The molecule has 0 atom stereocenters. The summed E-state index contributed by atoms with van der Waals surface area (Å²) < 4.78 is 0. The molecule has 1 heteroatoms. The topological polar surface area (TPSA) is 20.2 Å². The van der Waals surface area contributed by atoms with Crippen LogP contribution in [0.3, 0.4) is 0 Å². The van der Waals surface area contributed by atoms with Crippen LogP contribution >= 0.6 is 0 Å². The largest absolute Gasteiger partial charge is 0.396 e. The van der Waals surface area contributed by atoms with E-state index in [-0.39, 0.29) is 6.61 Å². The van der Waals surface area contributed by atoms with Crippen LogP contribution in [0.5, 0.6) is 0 Å². The Labute approximate surface area is 69.4 Å². The fourth-order valence-electron chi connectivity index (χ4n) is 0.702. The first-order chi connectivity index (χ1) is 5.16. The summed E-state index contributed by atoms with van der Waals surface area (Å²) in [6.45, 7) is 6.57. The fraction of sp³-hybridized carbons (Fsp3) is 0.600. The summed E-state index contributed by atoms with van der Waals surface area (Å²) >= 11 is 0. The molecule has 0 amide bonds. The third-order valence-electron chi connectivity index (χ3n) is 1.38. The first-order valence-corrected chi connectivity index (χ1v) is 4.11. The Hall–Kier alpha value is -0.560. The molecule has 1 N–H and O–H groups in total. The van der Waals surface area contributed by atoms with Crippen molar-refractivity contribution in [1.82, 2.24) is 0 Å². The zero-order valence-electron chi connectivity index (χ0n) is 7.67. The van der Waals surface area contributed by atoms with Gasteiger partial charge in [-0.2, -0.15) is 0 Å². The number of rotatable bonds is 4. The van der Waals surface area contributed by atoms with Crippen molar-refractivity contribution in [3.8, 4) is 0 Å². The van der Waals surface area contributed by atoms with E-state index in [1.165, 1.54) is 5.57 Å². The van der Waals surface area contributed by atoms with Gasteiger partial charge >= 0.3 is 0 Å². The number of hydrogen-bond donors (Lipinski definition) is 1. The van der Waals surface area contributed by atoms with Crippen molar-refractivity contribution < 1.29 is 5.11 Å². The number of aliphatic hydroxyl groups excluding tert-OH is 1. The third kappa shape index (κ3) is 7.34. The van der Waals surface area contributed by atoms with Gasteiger partial charge in [-0.15, -0.1) is 0 Å². The molecule has 0 aromatic heterocycles. The molecule has 1 nitrogen and oxygen atoms in total. The minimum Gasteiger partial charge on any atom is -0.396 e. The van der Waals surface area contributed by atoms with Crippen LogP contribution in [0.15, 0.2) is 23.8 Å². The Morgan fingerprint density at radius 3 is 2.55 bits per heavy atom. The summed E-state index contributed by atoms with van der Waals surface area (Å²) in [6.07, 6.45) is 7.02. The van der Waals surface area contributed by atoms with E-state index < -0.39 is 0 Å². The maximum Gasteiger partial charge on any atom is 0.0468 e. The minimum atomic E-state index is 0.248. The van der Waals surface area contributed by atoms with Crippen molar-refractivity contribution >= 4 is 0 Å². The molecule has 0 aliphatic heterocycles. The molecule has 0 rings (SSSR count). The van der Waals surface area contributed by atoms with Crippen LogP contribution in [0.4, 0.5) is 0 Å². The standard InChI is InChI=1S/C10H18O/c1-9(2)5-4-6-10(3)7-8-11/h4-6,9,11H,7-8H2,1-3H3. The van der Waals surface area contributed by atoms with Crippen molar-refractivity contribution in [2.75, 3.05) is 6.61 Å². The lowest BCUT2D eigenvalue weighted by Crippen LogP contribution is -1.82. The highest BCUT2D eigenvalue weighted by Crippen LogP contribution is 2.00. The summed E-state index contributed by atoms with van der Waals surface area (Å²) in [7, 11) is 0. The van der Waals surface area contributed by atoms with Crippen molar-refractivity contribution in [2.24, 2.45) is 5.92 Å². The zero-order valence-corrected chi connectivity index (χ0v) is 7.67. The lowest BCUT2D eigenvalue weighted by atomic mass is 10.1. The lowest BCUT2D eigenvalue weighted by Gasteiger charge is -1.94. The normalized spacial score (nSPS) is 13.4. The van der Waals surface area contributed by atoms with Crippen molar-refractivity contribution in [3.63, 3.8) is 0 Å². The second kappa shape index (κ2) is 6.17. The van der Waals surface area contributed by atoms with Crippen LogP contribution < -0.4 is 0 Å². The summed E-state index contributed by atoms with van der Waals surface area (Å²) in [5.74, 6) is 0.605. The van der Waals surface area contributed by atoms with E-state index in [1.807, 2.05) is 6.92 Å². The summed E-state index contributed by atoms with van der Waals surface area (Å²) in [5, 5.41) is 8.58. The molecule has 0 aromatic rings. The molecule has 0 aromatic carbocycles. The third-order valence-corrected chi connectivity index (χ3v) is 1.38. The number of hydrogen-bond acceptors (Lipinski definition) is 1. The predicted molar refractivity (Wildman–Crippen MR) is 49.4 cm³/mol. The molecule has 0 radical (unpaired) electrons. The Kier molecular flexibility index (Phi) is 5.86. The van der Waals surface area contributed by atoms with E-state index in [1.54, 1.807) is 0 Å². The van der Waals surface area contributed by atoms with Gasteiger partial charge in [0.1, 0.15) is 0 Å². The highest BCUT2D eigenvalue weighted by Gasteiger charge is 1.85. The molecule has 0 saturated heterocycles. The average molecular weight is 154 g/mol. The number of allylic oxidation sites excluding steroid dienone is 3. The predicted octanol–water partition coefficient (Wildman–Crippen LogP) is 2.53. The smallest absolute Gasteiger partial charge is 0.0468 e. The molecule has 0 spiro atoms. The highest BCUT2D eigenvalue weighted by atomic mass is 16.2. The molecule has 0 saturated carbocycles. The lowest BCUT2D eigenvalue weighted by molar-refractivity contribution is 0.299. The Balaban J connectivity index is 3.71. The van der Waals surface area contributed by atoms with Crippen molar-refractivity contribution in [1.29, 1.82) is 0 Å². The van der Waals surface area contributed by atoms with Gasteiger partial charge in [0.25, 0.3) is 0 Å². The van der Waals surface area contributed by atoms with E-state index in [0.717, 1.165) is 6.42 Å². The van der Waals surface area contributed by atoms with Crippen LogP contribution in [0.25, 0.3) is 0 Å². The summed E-state index contributed by atoms with van der Waals surface area (Å²) in [4.78, 5) is 0. The fourth-order valence-corrected chi connectivity index (χ4v) is 0.702. The van der Waals surface area contributed by atoms with Gasteiger partial charge in [0.15, 0.2) is 0 Å². The monoisotopic (exact) mass is 154 g/mol. The summed E-state index contributed by atoms with van der Waals surface area (Å²) in [5.41, 5.74) is 1.23. The maximum absolute atomic E-state index is 8.58. The quantitative estimate of drug-likeness (QED) is 0.617. The zero-order chi connectivity index (χ0) is 8.69. The van der Waals surface area contributed by atoms with E-state index in [9.17, 15) is 0 Å². The molecule has 11 heavy (non-hydrogen) atoms. The Bertz CT molecular complexity index is 143. The van der Waals surface area contributed by atoms with Crippen molar-refractivity contribution in [3.05, 3.63) is 23.8 Å². The maximum atomic E-state index is 8.58. The van der Waals surface area contributed by atoms with Crippen LogP contribution in [0.2, 0.25) is 0 Å². The molecule has 0 unspecified atom stereocenters. The van der Waals surface area contributed by atoms with Gasteiger partial charge in [0.05, 0.1) is 0 Å². The molecule has 0 aliphatic carbocycles. The van der Waals surface area contributed by atoms with Crippen LogP contribution in [-0.4, -0.2) is 11.7 Å². The first kappa shape index (κ1) is 10.4. The van der Waals surface area contributed by atoms with Crippen LogP contribution in [0, 0.1) is 5.92 Å². The molecule has 64 valence electrons. The van der Waals surface area contributed by atoms with Crippen LogP contribution in [0.1, 0.15) is 27.2 Å². The van der Waals surface area contributed by atoms with Gasteiger partial charge in [-0.05, 0) is 19.3 Å². The minimum absolute atomic E-state index is 0.248. The van der Waals surface area contributed by atoms with E-state index in [0.29, 0.717) is 5.92 Å². The molecular weight excluding hydrogens is 136 g/mol. The van der Waals surface area contributed by atoms with E-state index in [2.05, 4.69) is 32.1 Å². The van der Waals surface area contributed by atoms with Gasteiger partial charge in [-0.3, -0.25) is 0 Å². The van der Waals surface area contributed by atoms with Gasteiger partial charge in [-0.25, -0.2) is 0 Å². The Morgan fingerprint density at radius 1 is 1.45 bits per heavy atom. The second-order valence-electron chi connectivity index (χ2n) is 3.12. The van der Waals surface area contributed by atoms with E-state index >= 15 is 0 Å². The van der Waals surface area contributed by atoms with Gasteiger partial charge < -0.3 is 5.11 Å². The van der Waals surface area contributed by atoms with Crippen LogP contribution in [-0.2, 0) is 0 Å². The van der Waals surface area contributed by atoms with Gasteiger partial charge in [-0.1, -0.05) is 37.6 Å². The summed E-state index contributed by atoms with van der Waals surface area (Å²) in [6, 6.07) is 0. The second-order valence-corrected chi connectivity index (χ2v) is 3.12. The molecule has 0 aliphatic rings. The Morgan fingerprint density at radius 2 is 2.09 bits per heavy atom. The van der Waals surface area contributed by atoms with Gasteiger partial charge in [0, 0.05) is 6.61 Å². The molecule has 0 fully saturated rings. The SMILES string of the molecule is CC(=CC=CC(C)C)CCO. The van der Waals surface area contributed by atoms with E-state index in [4.69, 9.17) is 5.11 Å². The molecule has 0 heterocycles. The first-order valence-electron chi connectivity index (χ1n) is 4.11. The molecule has 0 bridgehead atoms. The molecular formula is C10H18O.